The molecule has 0 saturated carbocycles. The van der Waals surface area contributed by atoms with E-state index in [9.17, 15) is 9.90 Å². The highest BCUT2D eigenvalue weighted by atomic mass is 35.5. The lowest BCUT2D eigenvalue weighted by Crippen LogP contribution is -2.39. The smallest absolute Gasteiger partial charge is 0.141 e. The van der Waals surface area contributed by atoms with Crippen molar-refractivity contribution in [2.24, 2.45) is 0 Å². The Morgan fingerprint density at radius 3 is 2.60 bits per heavy atom. The first kappa shape index (κ1) is 15.4. The molecule has 0 amide bonds. The van der Waals surface area contributed by atoms with E-state index in [4.69, 9.17) is 27.9 Å². The Morgan fingerprint density at radius 2 is 2.05 bits per heavy atom. The number of aliphatic carboxylic acids is 1. The molecule has 108 valence electrons. The zero-order chi connectivity index (χ0) is 15.0. The second-order valence-electron chi connectivity index (χ2n) is 4.50. The van der Waals surface area contributed by atoms with Crippen molar-refractivity contribution in [1.29, 1.82) is 0 Å². The Kier molecular flexibility index (Phi) is 4.47. The number of thiophene rings is 1. The van der Waals surface area contributed by atoms with Crippen LogP contribution in [-0.2, 0) is 4.79 Å². The monoisotopic (exact) mass is 331 g/mol. The van der Waals surface area contributed by atoms with E-state index in [0.717, 1.165) is 20.5 Å². The molecule has 3 nitrogen and oxygen atoms in total. The Bertz CT molecular complexity index is 679. The molecule has 0 saturated heterocycles. The molecule has 0 N–H and O–H groups in total. The highest BCUT2D eigenvalue weighted by Crippen LogP contribution is 2.44. The largest absolute Gasteiger partial charge is 0.546 e. The normalized spacial score (nSPS) is 12.7. The van der Waals surface area contributed by atoms with Gasteiger partial charge in [0.1, 0.15) is 16.9 Å². The second kappa shape index (κ2) is 5.80. The zero-order valence-electron chi connectivity index (χ0n) is 11.3. The fourth-order valence-electron chi connectivity index (χ4n) is 1.92. The summed E-state index contributed by atoms with van der Waals surface area (Å²) in [7, 11) is 0. The Morgan fingerprint density at radius 1 is 1.40 bits per heavy atom. The van der Waals surface area contributed by atoms with E-state index in [2.05, 4.69) is 0 Å². The van der Waals surface area contributed by atoms with Crippen LogP contribution in [0, 0.1) is 13.8 Å². The number of fused-ring (bicyclic) bond motifs is 1. The van der Waals surface area contributed by atoms with Gasteiger partial charge in [0.2, 0.25) is 0 Å². The SMILES string of the molecule is CCC(Oc1cc2c(C)c(C)sc2c(Cl)c1Cl)C(=O)[O-]. The first-order valence-electron chi connectivity index (χ1n) is 6.12. The lowest BCUT2D eigenvalue weighted by atomic mass is 10.1. The molecule has 2 rings (SSSR count). The number of carboxylic acid groups (broad SMARTS) is 1. The molecule has 2 aromatic rings. The van der Waals surface area contributed by atoms with Crippen LogP contribution in [-0.4, -0.2) is 12.1 Å². The molecule has 0 aliphatic carbocycles. The van der Waals surface area contributed by atoms with Crippen molar-refractivity contribution in [3.05, 3.63) is 26.6 Å². The summed E-state index contributed by atoms with van der Waals surface area (Å²) < 4.78 is 6.32. The van der Waals surface area contributed by atoms with Crippen LogP contribution >= 0.6 is 34.5 Å². The summed E-state index contributed by atoms with van der Waals surface area (Å²) >= 11 is 14.0. The summed E-state index contributed by atoms with van der Waals surface area (Å²) in [6, 6.07) is 1.74. The molecule has 6 heteroatoms. The predicted molar refractivity (Wildman–Crippen MR) is 81.0 cm³/mol. The molecule has 1 heterocycles. The number of hydrogen-bond acceptors (Lipinski definition) is 4. The third-order valence-corrected chi connectivity index (χ3v) is 5.42. The van der Waals surface area contributed by atoms with Gasteiger partial charge in [0.15, 0.2) is 0 Å². The average Bonchev–Trinajstić information content (AvgIpc) is 2.68. The van der Waals surface area contributed by atoms with Crippen molar-refractivity contribution in [2.75, 3.05) is 0 Å². The maximum Gasteiger partial charge on any atom is 0.141 e. The van der Waals surface area contributed by atoms with Crippen LogP contribution in [0.15, 0.2) is 6.07 Å². The number of benzene rings is 1. The number of halogens is 2. The number of carbonyl (C=O) groups excluding carboxylic acids is 1. The highest BCUT2D eigenvalue weighted by molar-refractivity contribution is 7.20. The van der Waals surface area contributed by atoms with Crippen molar-refractivity contribution in [3.8, 4) is 5.75 Å². The number of carboxylic acids is 1. The highest BCUT2D eigenvalue weighted by Gasteiger charge is 2.18. The number of rotatable bonds is 4. The summed E-state index contributed by atoms with van der Waals surface area (Å²) in [5.41, 5.74) is 1.09. The molecule has 1 aromatic heterocycles. The zero-order valence-corrected chi connectivity index (χ0v) is 13.6. The molecule has 1 unspecified atom stereocenters. The van der Waals surface area contributed by atoms with Gasteiger partial charge in [0, 0.05) is 10.3 Å². The summed E-state index contributed by atoms with van der Waals surface area (Å²) in [5.74, 6) is -0.987. The van der Waals surface area contributed by atoms with E-state index in [-0.39, 0.29) is 17.2 Å². The van der Waals surface area contributed by atoms with Crippen LogP contribution < -0.4 is 9.84 Å². The summed E-state index contributed by atoms with van der Waals surface area (Å²) in [6.07, 6.45) is -0.753. The molecule has 0 spiro atoms. The standard InChI is InChI=1S/C14H14Cl2O3S/c1-4-9(14(17)18)19-10-5-8-6(2)7(3)20-13(8)12(16)11(10)15/h5,9H,4H2,1-3H3,(H,17,18)/p-1. The van der Waals surface area contributed by atoms with Crippen molar-refractivity contribution in [3.63, 3.8) is 0 Å². The molecule has 0 radical (unpaired) electrons. The minimum absolute atomic E-state index is 0.236. The summed E-state index contributed by atoms with van der Waals surface area (Å²) in [4.78, 5) is 12.1. The van der Waals surface area contributed by atoms with Crippen molar-refractivity contribution >= 4 is 50.6 Å². The first-order chi connectivity index (χ1) is 9.36. The Hall–Kier alpha value is -0.970. The van der Waals surface area contributed by atoms with Crippen LogP contribution in [0.4, 0.5) is 0 Å². The molecule has 0 bridgehead atoms. The van der Waals surface area contributed by atoms with Gasteiger partial charge in [-0.2, -0.15) is 0 Å². The van der Waals surface area contributed by atoms with E-state index in [1.807, 2.05) is 13.8 Å². The van der Waals surface area contributed by atoms with Crippen LogP contribution in [0.3, 0.4) is 0 Å². The van der Waals surface area contributed by atoms with E-state index in [1.54, 1.807) is 24.3 Å². The van der Waals surface area contributed by atoms with E-state index >= 15 is 0 Å². The molecule has 1 atom stereocenters. The molecule has 20 heavy (non-hydrogen) atoms. The van der Waals surface area contributed by atoms with Crippen LogP contribution in [0.25, 0.3) is 10.1 Å². The topological polar surface area (TPSA) is 49.4 Å². The maximum absolute atomic E-state index is 11.0. The number of hydrogen-bond donors (Lipinski definition) is 0. The fourth-order valence-corrected chi connectivity index (χ4v) is 3.56. The van der Waals surface area contributed by atoms with Gasteiger partial charge < -0.3 is 14.6 Å². The number of ether oxygens (including phenoxy) is 1. The van der Waals surface area contributed by atoms with Gasteiger partial charge in [-0.3, -0.25) is 0 Å². The van der Waals surface area contributed by atoms with Gasteiger partial charge in [-0.15, -0.1) is 11.3 Å². The van der Waals surface area contributed by atoms with E-state index in [1.165, 1.54) is 0 Å². The van der Waals surface area contributed by atoms with Gasteiger partial charge in [-0.1, -0.05) is 30.1 Å². The molecular formula is C14H13Cl2O3S-. The fraction of sp³-hybridized carbons (Fsp3) is 0.357. The molecule has 0 fully saturated rings. The van der Waals surface area contributed by atoms with Crippen molar-refractivity contribution in [1.82, 2.24) is 0 Å². The van der Waals surface area contributed by atoms with Gasteiger partial charge in [-0.05, 0) is 31.9 Å². The number of carbonyl (C=O) groups is 1. The Labute approximate surface area is 131 Å². The number of aryl methyl sites for hydroxylation is 2. The summed E-state index contributed by atoms with van der Waals surface area (Å²) in [6.45, 7) is 5.69. The lowest BCUT2D eigenvalue weighted by Gasteiger charge is -2.19. The lowest BCUT2D eigenvalue weighted by molar-refractivity contribution is -0.313. The predicted octanol–water partition coefficient (Wildman–Crippen LogP) is 3.73. The minimum atomic E-state index is -1.27. The molecule has 0 aliphatic heterocycles. The summed E-state index contributed by atoms with van der Waals surface area (Å²) in [5, 5.41) is 12.5. The second-order valence-corrected chi connectivity index (χ2v) is 6.48. The molecule has 1 aromatic carbocycles. The van der Waals surface area contributed by atoms with Crippen LogP contribution in [0.2, 0.25) is 10.0 Å². The first-order valence-corrected chi connectivity index (χ1v) is 7.69. The minimum Gasteiger partial charge on any atom is -0.546 e. The third kappa shape index (κ3) is 2.60. The quantitative estimate of drug-likeness (QED) is 0.857. The van der Waals surface area contributed by atoms with E-state index in [0.29, 0.717) is 5.02 Å². The van der Waals surface area contributed by atoms with Gasteiger partial charge in [0.05, 0.1) is 15.7 Å². The molecular weight excluding hydrogens is 319 g/mol. The van der Waals surface area contributed by atoms with Gasteiger partial charge in [0.25, 0.3) is 0 Å². The van der Waals surface area contributed by atoms with Crippen LogP contribution in [0.5, 0.6) is 5.75 Å². The molecule has 0 aliphatic rings. The third-order valence-electron chi connectivity index (χ3n) is 3.22. The van der Waals surface area contributed by atoms with Crippen LogP contribution in [0.1, 0.15) is 23.8 Å². The van der Waals surface area contributed by atoms with Crippen molar-refractivity contribution < 1.29 is 14.6 Å². The maximum atomic E-state index is 11.0. The Balaban J connectivity index is 2.56. The van der Waals surface area contributed by atoms with E-state index < -0.39 is 12.1 Å². The average molecular weight is 332 g/mol. The van der Waals surface area contributed by atoms with Gasteiger partial charge >= 0.3 is 0 Å². The van der Waals surface area contributed by atoms with Gasteiger partial charge in [-0.25, -0.2) is 0 Å². The van der Waals surface area contributed by atoms with Crippen molar-refractivity contribution in [2.45, 2.75) is 33.3 Å².